The van der Waals surface area contributed by atoms with Crippen LogP contribution in [0.3, 0.4) is 0 Å². The lowest BCUT2D eigenvalue weighted by Crippen LogP contribution is -2.44. The Morgan fingerprint density at radius 1 is 1.27 bits per heavy atom. The van der Waals surface area contributed by atoms with Gasteiger partial charge in [-0.05, 0) is 59.7 Å². The number of carbonyl (C=O) groups is 1. The summed E-state index contributed by atoms with van der Waals surface area (Å²) in [5.74, 6) is 0.918. The molecule has 1 aliphatic rings. The van der Waals surface area contributed by atoms with Crippen LogP contribution in [0.1, 0.15) is 53.9 Å². The van der Waals surface area contributed by atoms with Crippen LogP contribution in [0.15, 0.2) is 4.99 Å². The summed E-state index contributed by atoms with van der Waals surface area (Å²) in [7, 11) is 1.81. The van der Waals surface area contributed by atoms with Gasteiger partial charge in [-0.15, -0.1) is 0 Å². The number of unbranched alkanes of at least 4 members (excludes halogenated alkanes) is 1. The predicted molar refractivity (Wildman–Crippen MR) is 108 cm³/mol. The Kier molecular flexibility index (Phi) is 9.76. The zero-order chi connectivity index (χ0) is 19.6. The summed E-state index contributed by atoms with van der Waals surface area (Å²) in [6.07, 6.45) is 2.88. The molecule has 0 radical (unpaired) electrons. The fraction of sp³-hybridized carbons (Fsp3) is 0.895. The minimum Gasteiger partial charge on any atom is -0.444 e. The van der Waals surface area contributed by atoms with Crippen LogP contribution < -0.4 is 10.6 Å². The number of amides is 1. The number of hydrogen-bond donors (Lipinski definition) is 2. The van der Waals surface area contributed by atoms with Gasteiger partial charge in [0.25, 0.3) is 0 Å². The van der Waals surface area contributed by atoms with Crippen molar-refractivity contribution in [1.29, 1.82) is 0 Å². The molecule has 1 heterocycles. The van der Waals surface area contributed by atoms with Crippen LogP contribution in [0.4, 0.5) is 4.79 Å². The zero-order valence-electron chi connectivity index (χ0n) is 17.6. The highest BCUT2D eigenvalue weighted by Crippen LogP contribution is 2.12. The lowest BCUT2D eigenvalue weighted by Gasteiger charge is -2.23. The molecule has 152 valence electrons. The van der Waals surface area contributed by atoms with Gasteiger partial charge in [0.1, 0.15) is 5.60 Å². The SMILES string of the molecule is CCN(CC)CCCCNC(=NC)N1CCC(NC(=O)OC(C)(C)C)C1. The number of ether oxygens (including phenoxy) is 1. The first kappa shape index (κ1) is 22.5. The summed E-state index contributed by atoms with van der Waals surface area (Å²) in [6, 6.07) is 0.103. The molecular formula is C19H39N5O2. The van der Waals surface area contributed by atoms with Gasteiger partial charge in [0, 0.05) is 26.7 Å². The third kappa shape index (κ3) is 8.74. The van der Waals surface area contributed by atoms with E-state index in [0.717, 1.165) is 58.1 Å². The minimum atomic E-state index is -0.467. The lowest BCUT2D eigenvalue weighted by atomic mass is 10.2. The molecule has 1 aliphatic heterocycles. The Morgan fingerprint density at radius 3 is 2.54 bits per heavy atom. The van der Waals surface area contributed by atoms with E-state index in [1.54, 1.807) is 0 Å². The number of nitrogens with zero attached hydrogens (tertiary/aromatic N) is 3. The molecular weight excluding hydrogens is 330 g/mol. The zero-order valence-corrected chi connectivity index (χ0v) is 17.6. The lowest BCUT2D eigenvalue weighted by molar-refractivity contribution is 0.0507. The molecule has 0 spiro atoms. The molecule has 1 atom stereocenters. The number of alkyl carbamates (subject to hydrolysis) is 1. The summed E-state index contributed by atoms with van der Waals surface area (Å²) in [5, 5.41) is 6.40. The van der Waals surface area contributed by atoms with Crippen molar-refractivity contribution < 1.29 is 9.53 Å². The predicted octanol–water partition coefficient (Wildman–Crippen LogP) is 2.28. The highest BCUT2D eigenvalue weighted by molar-refractivity contribution is 5.80. The van der Waals surface area contributed by atoms with E-state index in [-0.39, 0.29) is 12.1 Å². The van der Waals surface area contributed by atoms with Crippen molar-refractivity contribution in [3.8, 4) is 0 Å². The third-order valence-corrected chi connectivity index (χ3v) is 4.50. The molecule has 1 rings (SSSR count). The van der Waals surface area contributed by atoms with Crippen LogP contribution in [-0.4, -0.2) is 79.8 Å². The summed E-state index contributed by atoms with van der Waals surface area (Å²) >= 11 is 0. The fourth-order valence-electron chi connectivity index (χ4n) is 3.08. The number of nitrogens with one attached hydrogen (secondary N) is 2. The number of rotatable bonds is 8. The van der Waals surface area contributed by atoms with E-state index < -0.39 is 5.60 Å². The van der Waals surface area contributed by atoms with Gasteiger partial charge in [-0.2, -0.15) is 0 Å². The van der Waals surface area contributed by atoms with Crippen LogP contribution >= 0.6 is 0 Å². The average molecular weight is 370 g/mol. The Hall–Kier alpha value is -1.50. The average Bonchev–Trinajstić information content (AvgIpc) is 3.00. The molecule has 1 unspecified atom stereocenters. The number of carbonyl (C=O) groups excluding carboxylic acids is 1. The van der Waals surface area contributed by atoms with E-state index in [2.05, 4.69) is 39.3 Å². The summed E-state index contributed by atoms with van der Waals surface area (Å²) in [6.45, 7) is 16.0. The van der Waals surface area contributed by atoms with Crippen LogP contribution in [0.2, 0.25) is 0 Å². The molecule has 0 aromatic rings. The molecule has 0 saturated carbocycles. The maximum Gasteiger partial charge on any atom is 0.407 e. The van der Waals surface area contributed by atoms with E-state index in [0.29, 0.717) is 0 Å². The second-order valence-corrected chi connectivity index (χ2v) is 7.79. The maximum atomic E-state index is 11.9. The molecule has 7 nitrogen and oxygen atoms in total. The fourth-order valence-corrected chi connectivity index (χ4v) is 3.08. The molecule has 26 heavy (non-hydrogen) atoms. The summed E-state index contributed by atoms with van der Waals surface area (Å²) in [4.78, 5) is 20.9. The number of likely N-dealkylation sites (tertiary alicyclic amines) is 1. The van der Waals surface area contributed by atoms with Crippen molar-refractivity contribution in [2.45, 2.75) is 65.5 Å². The Labute approximate surface area is 159 Å². The molecule has 1 saturated heterocycles. The minimum absolute atomic E-state index is 0.103. The normalized spacial score (nSPS) is 18.3. The molecule has 0 aromatic heterocycles. The molecule has 2 N–H and O–H groups in total. The Morgan fingerprint density at radius 2 is 1.96 bits per heavy atom. The van der Waals surface area contributed by atoms with E-state index in [1.165, 1.54) is 6.42 Å². The smallest absolute Gasteiger partial charge is 0.407 e. The summed E-state index contributed by atoms with van der Waals surface area (Å²) < 4.78 is 5.33. The monoisotopic (exact) mass is 369 g/mol. The van der Waals surface area contributed by atoms with Crippen LogP contribution in [0.5, 0.6) is 0 Å². The molecule has 0 aliphatic carbocycles. The van der Waals surface area contributed by atoms with Gasteiger partial charge < -0.3 is 25.2 Å². The highest BCUT2D eigenvalue weighted by atomic mass is 16.6. The maximum absolute atomic E-state index is 11.9. The molecule has 0 aromatic carbocycles. The second kappa shape index (κ2) is 11.3. The van der Waals surface area contributed by atoms with Crippen LogP contribution in [-0.2, 0) is 4.74 Å². The van der Waals surface area contributed by atoms with Crippen molar-refractivity contribution in [1.82, 2.24) is 20.4 Å². The van der Waals surface area contributed by atoms with Gasteiger partial charge in [0.15, 0.2) is 5.96 Å². The molecule has 1 fully saturated rings. The summed E-state index contributed by atoms with van der Waals surface area (Å²) in [5.41, 5.74) is -0.467. The van der Waals surface area contributed by atoms with E-state index >= 15 is 0 Å². The van der Waals surface area contributed by atoms with Gasteiger partial charge in [0.05, 0.1) is 6.04 Å². The molecule has 0 bridgehead atoms. The van der Waals surface area contributed by atoms with Crippen molar-refractivity contribution >= 4 is 12.1 Å². The molecule has 1 amide bonds. The highest BCUT2D eigenvalue weighted by Gasteiger charge is 2.27. The van der Waals surface area contributed by atoms with Gasteiger partial charge in [-0.1, -0.05) is 13.8 Å². The van der Waals surface area contributed by atoms with E-state index in [4.69, 9.17) is 4.74 Å². The van der Waals surface area contributed by atoms with E-state index in [1.807, 2.05) is 27.8 Å². The van der Waals surface area contributed by atoms with Gasteiger partial charge in [-0.25, -0.2) is 4.79 Å². The Bertz CT molecular complexity index is 444. The quantitative estimate of drug-likeness (QED) is 0.390. The largest absolute Gasteiger partial charge is 0.444 e. The first-order valence-corrected chi connectivity index (χ1v) is 9.96. The van der Waals surface area contributed by atoms with Crippen molar-refractivity contribution in [3.05, 3.63) is 0 Å². The van der Waals surface area contributed by atoms with Crippen molar-refractivity contribution in [2.24, 2.45) is 4.99 Å². The number of hydrogen-bond acceptors (Lipinski definition) is 4. The number of aliphatic imine (C=N–C) groups is 1. The van der Waals surface area contributed by atoms with Crippen LogP contribution in [0, 0.1) is 0 Å². The van der Waals surface area contributed by atoms with Gasteiger partial charge in [0.2, 0.25) is 0 Å². The van der Waals surface area contributed by atoms with Gasteiger partial charge in [-0.3, -0.25) is 4.99 Å². The first-order valence-electron chi connectivity index (χ1n) is 9.96. The Balaban J connectivity index is 2.29. The van der Waals surface area contributed by atoms with Crippen molar-refractivity contribution in [3.63, 3.8) is 0 Å². The van der Waals surface area contributed by atoms with Crippen molar-refractivity contribution in [2.75, 3.05) is 46.3 Å². The number of guanidine groups is 1. The topological polar surface area (TPSA) is 69.2 Å². The van der Waals surface area contributed by atoms with Gasteiger partial charge >= 0.3 is 6.09 Å². The third-order valence-electron chi connectivity index (χ3n) is 4.50. The standard InChI is InChI=1S/C19H39N5O2/c1-7-23(8-2)13-10-9-12-21-17(20-6)24-14-11-16(15-24)22-18(25)26-19(3,4)5/h16H,7-15H2,1-6H3,(H,20,21)(H,22,25). The van der Waals surface area contributed by atoms with E-state index in [9.17, 15) is 4.79 Å². The molecule has 7 heteroatoms. The first-order chi connectivity index (χ1) is 12.3. The second-order valence-electron chi connectivity index (χ2n) is 7.79. The van der Waals surface area contributed by atoms with Crippen LogP contribution in [0.25, 0.3) is 0 Å².